The Kier molecular flexibility index (Phi) is 123. The zero-order valence-corrected chi connectivity index (χ0v) is 3.84. The SMILES string of the molecule is [BaH2].[Cu].[SeH2].[SiH4]. The molecule has 0 amide bonds. The van der Waals surface area contributed by atoms with Crippen LogP contribution in [-0.2, 0) is 17.1 Å². The Bertz CT molecular complexity index is 8.00. The van der Waals surface area contributed by atoms with E-state index >= 15 is 0 Å². The molecule has 0 N–H and O–H groups in total. The summed E-state index contributed by atoms with van der Waals surface area (Å²) in [4.78, 5) is 0. The molecule has 1 radical (unpaired) electrons. The van der Waals surface area contributed by atoms with E-state index < -0.39 is 0 Å². The summed E-state index contributed by atoms with van der Waals surface area (Å²) in [7, 11) is 0. The number of hydrogen-bond donors (Lipinski definition) is 0. The Labute approximate surface area is 91.9 Å². The van der Waals surface area contributed by atoms with Crippen LogP contribution in [0.3, 0.4) is 0 Å². The van der Waals surface area contributed by atoms with Crippen molar-refractivity contribution >= 4 is 76.9 Å². The second-order valence-electron chi connectivity index (χ2n) is 0. The van der Waals surface area contributed by atoms with Crippen molar-refractivity contribution in [2.45, 2.75) is 0 Å². The van der Waals surface area contributed by atoms with E-state index in [1.165, 1.54) is 0 Å². The first kappa shape index (κ1) is 29.0. The van der Waals surface area contributed by atoms with Gasteiger partial charge in [-0.3, -0.25) is 0 Å². The maximum Gasteiger partial charge on any atom is -0.0149 e. The van der Waals surface area contributed by atoms with E-state index in [1.54, 1.807) is 0 Å². The Morgan fingerprint density at radius 2 is 1.00 bits per heavy atom. The van der Waals surface area contributed by atoms with Crippen LogP contribution in [0.25, 0.3) is 0 Å². The predicted molar refractivity (Wildman–Crippen MR) is 28.4 cm³/mol. The second-order valence-corrected chi connectivity index (χ2v) is 0. The topological polar surface area (TPSA) is 0 Å². The molecular formula is H8BaCuSeSi. The van der Waals surface area contributed by atoms with Gasteiger partial charge in [0.25, 0.3) is 0 Å². The minimum atomic E-state index is 0. The zero-order valence-electron chi connectivity index (χ0n) is 0.802. The molecule has 31 valence electrons. The summed E-state index contributed by atoms with van der Waals surface area (Å²) >= 11 is 0. The van der Waals surface area contributed by atoms with Crippen molar-refractivity contribution in [3.63, 3.8) is 0 Å². The minimum absolute atomic E-state index is 0. The minimum Gasteiger partial charge on any atom is -0.0149 e. The predicted octanol–water partition coefficient (Wildman–Crippen LogP) is -3.29. The largest absolute Gasteiger partial charge is 0.0149 e. The third kappa shape index (κ3) is 8.85. The van der Waals surface area contributed by atoms with Gasteiger partial charge in [-0.1, -0.05) is 0 Å². The Morgan fingerprint density at radius 1 is 1.00 bits per heavy atom. The van der Waals surface area contributed by atoms with E-state index in [0.29, 0.717) is 0 Å². The number of rotatable bonds is 0. The second kappa shape index (κ2) is 17.0. The van der Waals surface area contributed by atoms with Gasteiger partial charge in [0.05, 0.1) is 0 Å². The van der Waals surface area contributed by atoms with E-state index in [-0.39, 0.29) is 94.0 Å². The van der Waals surface area contributed by atoms with Gasteiger partial charge in [-0.15, -0.1) is 0 Å². The van der Waals surface area contributed by atoms with Crippen LogP contribution in [-0.4, -0.2) is 76.9 Å². The van der Waals surface area contributed by atoms with Crippen molar-refractivity contribution in [3.05, 3.63) is 0 Å². The average Bonchev–Trinajstić information content (AvgIpc) is 0. The van der Waals surface area contributed by atoms with Crippen molar-refractivity contribution in [3.8, 4) is 0 Å². The van der Waals surface area contributed by atoms with Crippen LogP contribution < -0.4 is 0 Å². The van der Waals surface area contributed by atoms with E-state index in [0.717, 1.165) is 0 Å². The molecule has 0 aromatic heterocycles. The van der Waals surface area contributed by atoms with Gasteiger partial charge in [0.1, 0.15) is 0 Å². The molecule has 0 saturated carbocycles. The summed E-state index contributed by atoms with van der Waals surface area (Å²) in [6.07, 6.45) is 0. The van der Waals surface area contributed by atoms with Gasteiger partial charge in [-0.2, -0.15) is 0 Å². The van der Waals surface area contributed by atoms with Crippen LogP contribution in [0.2, 0.25) is 0 Å². The molecule has 4 heavy (non-hydrogen) atoms. The van der Waals surface area contributed by atoms with Crippen molar-refractivity contribution in [2.24, 2.45) is 0 Å². The van der Waals surface area contributed by atoms with Gasteiger partial charge in [-0.25, -0.2) is 0 Å². The smallest absolute Gasteiger partial charge is 0.0149 e. The van der Waals surface area contributed by atoms with E-state index in [1.807, 2.05) is 0 Å². The molecule has 0 unspecified atom stereocenters. The molecule has 0 saturated heterocycles. The first-order valence-electron chi connectivity index (χ1n) is 0. The van der Waals surface area contributed by atoms with Gasteiger partial charge in [0.15, 0.2) is 0 Å². The molecule has 0 atom stereocenters. The van der Waals surface area contributed by atoms with Crippen molar-refractivity contribution < 1.29 is 17.1 Å². The summed E-state index contributed by atoms with van der Waals surface area (Å²) < 4.78 is 0. The third-order valence-electron chi connectivity index (χ3n) is 0. The molecule has 4 heteroatoms. The van der Waals surface area contributed by atoms with Crippen molar-refractivity contribution in [2.75, 3.05) is 0 Å². The standard InChI is InChI=1S/Ba.Cu.H2Se.H4Si.2H/h;;1H2;1H4;;. The third-order valence-corrected chi connectivity index (χ3v) is 0. The van der Waals surface area contributed by atoms with Crippen LogP contribution in [0.5, 0.6) is 0 Å². The molecule has 0 aliphatic carbocycles. The molecule has 0 aromatic carbocycles. The fraction of sp³-hybridized carbons (Fsp3) is 0. The fourth-order valence-electron chi connectivity index (χ4n) is 0. The molecule has 0 aliphatic heterocycles. The fourth-order valence-corrected chi connectivity index (χ4v) is 0. The Morgan fingerprint density at radius 3 is 1.00 bits per heavy atom. The normalized spacial score (nSPS) is 0. The Balaban J connectivity index is 0. The summed E-state index contributed by atoms with van der Waals surface area (Å²) in [5, 5.41) is 0. The van der Waals surface area contributed by atoms with E-state index in [2.05, 4.69) is 0 Å². The number of hydrogen-bond acceptors (Lipinski definition) is 0. The molecule has 0 bridgehead atoms. The summed E-state index contributed by atoms with van der Waals surface area (Å²) in [6, 6.07) is 0. The van der Waals surface area contributed by atoms with Crippen LogP contribution in [0.4, 0.5) is 0 Å². The van der Waals surface area contributed by atoms with Gasteiger partial charge >= 0.3 is 65.9 Å². The average molecular weight is 316 g/mol. The first-order valence-corrected chi connectivity index (χ1v) is 0. The van der Waals surface area contributed by atoms with Gasteiger partial charge < -0.3 is 0 Å². The van der Waals surface area contributed by atoms with E-state index in [4.69, 9.17) is 0 Å². The molecule has 0 rings (SSSR count). The molecule has 0 spiro atoms. The molecule has 0 nitrogen and oxygen atoms in total. The monoisotopic (exact) mass is 317 g/mol. The molecule has 0 aliphatic rings. The van der Waals surface area contributed by atoms with Crippen LogP contribution in [0, 0.1) is 0 Å². The van der Waals surface area contributed by atoms with Crippen molar-refractivity contribution in [1.29, 1.82) is 0 Å². The van der Waals surface area contributed by atoms with Gasteiger partial charge in [0, 0.05) is 17.1 Å². The summed E-state index contributed by atoms with van der Waals surface area (Å²) in [6.45, 7) is 0. The molecular weight excluding hydrogens is 308 g/mol. The summed E-state index contributed by atoms with van der Waals surface area (Å²) in [5.41, 5.74) is 0. The first-order chi connectivity index (χ1) is 0. The van der Waals surface area contributed by atoms with Crippen LogP contribution in [0.15, 0.2) is 0 Å². The van der Waals surface area contributed by atoms with Gasteiger partial charge in [0.2, 0.25) is 0 Å². The quantitative estimate of drug-likeness (QED) is 0.411. The van der Waals surface area contributed by atoms with Crippen molar-refractivity contribution in [1.82, 2.24) is 0 Å². The van der Waals surface area contributed by atoms with E-state index in [9.17, 15) is 0 Å². The van der Waals surface area contributed by atoms with Crippen LogP contribution in [0.1, 0.15) is 0 Å². The molecule has 0 heterocycles. The maximum absolute atomic E-state index is 0. The summed E-state index contributed by atoms with van der Waals surface area (Å²) in [5.74, 6) is 0. The Hall–Kier alpha value is 2.83. The zero-order chi connectivity index (χ0) is 0. The molecule has 0 aromatic rings. The van der Waals surface area contributed by atoms with Crippen LogP contribution >= 0.6 is 0 Å². The van der Waals surface area contributed by atoms with Gasteiger partial charge in [-0.05, 0) is 11.0 Å². The molecule has 0 fully saturated rings. The maximum atomic E-state index is 0.